The molecule has 0 saturated carbocycles. The zero-order chi connectivity index (χ0) is 13.7. The average molecular weight is 269 g/mol. The number of nitrogens with zero attached hydrogens (tertiary/aromatic N) is 1. The topological polar surface area (TPSA) is 78.9 Å². The Morgan fingerprint density at radius 3 is 2.47 bits per heavy atom. The van der Waals surface area contributed by atoms with Crippen LogP contribution in [0.3, 0.4) is 0 Å². The molecule has 0 saturated heterocycles. The summed E-state index contributed by atoms with van der Waals surface area (Å²) in [6.07, 6.45) is 0. The number of rotatable bonds is 3. The molecule has 1 amide bonds. The second kappa shape index (κ2) is 5.94. The molecular formula is C14H11N3OS. The van der Waals surface area contributed by atoms with E-state index in [0.717, 1.165) is 16.7 Å². The van der Waals surface area contributed by atoms with E-state index in [-0.39, 0.29) is 5.91 Å². The van der Waals surface area contributed by atoms with Gasteiger partial charge in [0.15, 0.2) is 0 Å². The van der Waals surface area contributed by atoms with Gasteiger partial charge in [0.1, 0.15) is 5.40 Å². The van der Waals surface area contributed by atoms with Crippen molar-refractivity contribution in [2.75, 3.05) is 11.1 Å². The molecule has 0 spiro atoms. The molecular weight excluding hydrogens is 258 g/mol. The van der Waals surface area contributed by atoms with Crippen LogP contribution in [-0.2, 0) is 0 Å². The van der Waals surface area contributed by atoms with Crippen molar-refractivity contribution in [3.63, 3.8) is 0 Å². The maximum Gasteiger partial charge on any atom is 0.257 e. The van der Waals surface area contributed by atoms with Crippen molar-refractivity contribution < 1.29 is 4.79 Å². The van der Waals surface area contributed by atoms with Crippen LogP contribution < -0.4 is 11.1 Å². The largest absolute Gasteiger partial charge is 0.398 e. The van der Waals surface area contributed by atoms with Crippen LogP contribution in [0.25, 0.3) is 0 Å². The van der Waals surface area contributed by atoms with E-state index in [1.807, 2.05) is 5.40 Å². The smallest absolute Gasteiger partial charge is 0.257 e. The summed E-state index contributed by atoms with van der Waals surface area (Å²) in [7, 11) is 0. The van der Waals surface area contributed by atoms with Crippen LogP contribution >= 0.6 is 11.8 Å². The van der Waals surface area contributed by atoms with E-state index < -0.39 is 0 Å². The molecule has 0 aliphatic rings. The monoisotopic (exact) mass is 269 g/mol. The predicted octanol–water partition coefficient (Wildman–Crippen LogP) is 3.09. The van der Waals surface area contributed by atoms with Crippen LogP contribution in [0.2, 0.25) is 0 Å². The first-order valence-electron chi connectivity index (χ1n) is 5.52. The highest BCUT2D eigenvalue weighted by Crippen LogP contribution is 2.20. The second-order valence-electron chi connectivity index (χ2n) is 3.76. The number of nitrogen functional groups attached to an aromatic ring is 1. The molecule has 3 N–H and O–H groups in total. The van der Waals surface area contributed by atoms with Crippen LogP contribution in [0.4, 0.5) is 11.4 Å². The third-order valence-electron chi connectivity index (χ3n) is 2.48. The number of para-hydroxylation sites is 1. The second-order valence-corrected chi connectivity index (χ2v) is 4.62. The van der Waals surface area contributed by atoms with Crippen molar-refractivity contribution in [3.05, 3.63) is 54.1 Å². The van der Waals surface area contributed by atoms with Crippen molar-refractivity contribution in [3.8, 4) is 5.40 Å². The van der Waals surface area contributed by atoms with Crippen LogP contribution in [0.1, 0.15) is 10.4 Å². The molecule has 94 valence electrons. The number of nitrogens with two attached hydrogens (primary N) is 1. The summed E-state index contributed by atoms with van der Waals surface area (Å²) in [6, 6.07) is 13.9. The fourth-order valence-corrected chi connectivity index (χ4v) is 1.94. The lowest BCUT2D eigenvalue weighted by Crippen LogP contribution is -2.13. The molecule has 19 heavy (non-hydrogen) atoms. The van der Waals surface area contributed by atoms with Gasteiger partial charge in [0.2, 0.25) is 0 Å². The Bertz CT molecular complexity index is 632. The lowest BCUT2D eigenvalue weighted by molar-refractivity contribution is 0.102. The summed E-state index contributed by atoms with van der Waals surface area (Å²) in [5.41, 5.74) is 7.29. The van der Waals surface area contributed by atoms with Crippen molar-refractivity contribution >= 4 is 29.0 Å². The lowest BCUT2D eigenvalue weighted by atomic mass is 10.1. The third kappa shape index (κ3) is 3.27. The van der Waals surface area contributed by atoms with Crippen molar-refractivity contribution in [2.24, 2.45) is 0 Å². The Kier molecular flexibility index (Phi) is 4.06. The summed E-state index contributed by atoms with van der Waals surface area (Å²) in [6.45, 7) is 0. The molecule has 0 bridgehead atoms. The SMILES string of the molecule is N#CSc1ccc(NC(=O)c2ccccc2N)cc1. The van der Waals surface area contributed by atoms with Crippen LogP contribution in [-0.4, -0.2) is 5.91 Å². The molecule has 2 aromatic rings. The normalized spacial score (nSPS) is 9.63. The zero-order valence-corrected chi connectivity index (χ0v) is 10.8. The van der Waals surface area contributed by atoms with Gasteiger partial charge in [-0.1, -0.05) is 12.1 Å². The molecule has 2 rings (SSSR count). The van der Waals surface area contributed by atoms with Gasteiger partial charge >= 0.3 is 0 Å². The van der Waals surface area contributed by atoms with E-state index >= 15 is 0 Å². The quantitative estimate of drug-likeness (QED) is 0.510. The number of benzene rings is 2. The van der Waals surface area contributed by atoms with E-state index in [9.17, 15) is 4.79 Å². The lowest BCUT2D eigenvalue weighted by Gasteiger charge is -2.07. The number of thioether (sulfide) groups is 1. The van der Waals surface area contributed by atoms with Gasteiger partial charge in [-0.3, -0.25) is 4.79 Å². The first-order chi connectivity index (χ1) is 9.20. The third-order valence-corrected chi connectivity index (χ3v) is 3.08. The van der Waals surface area contributed by atoms with Gasteiger partial charge in [0.25, 0.3) is 5.91 Å². The summed E-state index contributed by atoms with van der Waals surface area (Å²) < 4.78 is 0. The molecule has 0 heterocycles. The molecule has 4 nitrogen and oxygen atoms in total. The Balaban J connectivity index is 2.11. The molecule has 0 aromatic heterocycles. The number of carbonyl (C=O) groups is 1. The maximum atomic E-state index is 12.0. The van der Waals surface area contributed by atoms with Crippen LogP contribution in [0, 0.1) is 10.7 Å². The fraction of sp³-hybridized carbons (Fsp3) is 0. The standard InChI is InChI=1S/C14H11N3OS/c15-9-19-11-7-5-10(6-8-11)17-14(18)12-3-1-2-4-13(12)16/h1-8H,16H2,(H,17,18). The zero-order valence-electron chi connectivity index (χ0n) is 9.96. The van der Waals surface area contributed by atoms with Gasteiger partial charge in [0.05, 0.1) is 5.56 Å². The van der Waals surface area contributed by atoms with Gasteiger partial charge < -0.3 is 11.1 Å². The first-order valence-corrected chi connectivity index (χ1v) is 6.34. The molecule has 5 heteroatoms. The van der Waals surface area contributed by atoms with Crippen LogP contribution in [0.15, 0.2) is 53.4 Å². The van der Waals surface area contributed by atoms with E-state index in [4.69, 9.17) is 11.0 Å². The fourth-order valence-electron chi connectivity index (χ4n) is 1.56. The number of amides is 1. The highest BCUT2D eigenvalue weighted by molar-refractivity contribution is 8.03. The Morgan fingerprint density at radius 1 is 1.16 bits per heavy atom. The van der Waals surface area contributed by atoms with Gasteiger partial charge in [-0.2, -0.15) is 5.26 Å². The Hall–Kier alpha value is -2.45. The van der Waals surface area contributed by atoms with Gasteiger partial charge in [0, 0.05) is 16.3 Å². The average Bonchev–Trinajstić information content (AvgIpc) is 2.42. The Labute approximate surface area is 115 Å². The molecule has 0 atom stereocenters. The van der Waals surface area contributed by atoms with E-state index in [1.165, 1.54) is 0 Å². The number of thiocyanates is 1. The van der Waals surface area contributed by atoms with E-state index in [2.05, 4.69) is 5.32 Å². The Morgan fingerprint density at radius 2 is 1.84 bits per heavy atom. The summed E-state index contributed by atoms with van der Waals surface area (Å²) >= 11 is 1.07. The highest BCUT2D eigenvalue weighted by atomic mass is 32.2. The van der Waals surface area contributed by atoms with Gasteiger partial charge in [-0.15, -0.1) is 0 Å². The predicted molar refractivity (Wildman–Crippen MR) is 76.7 cm³/mol. The minimum atomic E-state index is -0.251. The number of nitriles is 1. The minimum Gasteiger partial charge on any atom is -0.398 e. The number of anilines is 2. The van der Waals surface area contributed by atoms with Crippen molar-refractivity contribution in [1.29, 1.82) is 5.26 Å². The highest BCUT2D eigenvalue weighted by Gasteiger charge is 2.08. The first kappa shape index (κ1) is 13.0. The number of hydrogen-bond donors (Lipinski definition) is 2. The molecule has 0 radical (unpaired) electrons. The molecule has 2 aromatic carbocycles. The number of hydrogen-bond acceptors (Lipinski definition) is 4. The van der Waals surface area contributed by atoms with E-state index in [1.54, 1.807) is 48.5 Å². The number of nitrogens with one attached hydrogen (secondary N) is 1. The molecule has 0 aliphatic heterocycles. The maximum absolute atomic E-state index is 12.0. The summed E-state index contributed by atoms with van der Waals surface area (Å²) in [5.74, 6) is -0.251. The molecule has 0 fully saturated rings. The summed E-state index contributed by atoms with van der Waals surface area (Å²) in [4.78, 5) is 12.8. The van der Waals surface area contributed by atoms with Crippen molar-refractivity contribution in [1.82, 2.24) is 0 Å². The van der Waals surface area contributed by atoms with Crippen molar-refractivity contribution in [2.45, 2.75) is 4.90 Å². The van der Waals surface area contributed by atoms with Gasteiger partial charge in [-0.05, 0) is 48.2 Å². The number of carbonyl (C=O) groups excluding carboxylic acids is 1. The minimum absolute atomic E-state index is 0.251. The molecule has 0 unspecified atom stereocenters. The van der Waals surface area contributed by atoms with E-state index in [0.29, 0.717) is 16.9 Å². The van der Waals surface area contributed by atoms with Crippen LogP contribution in [0.5, 0.6) is 0 Å². The molecule has 0 aliphatic carbocycles. The van der Waals surface area contributed by atoms with Gasteiger partial charge in [-0.25, -0.2) is 0 Å². The summed E-state index contributed by atoms with van der Waals surface area (Å²) in [5, 5.41) is 13.3.